The average molecular weight is 241 g/mol. The molecule has 3 nitrogen and oxygen atoms in total. The summed E-state index contributed by atoms with van der Waals surface area (Å²) in [4.78, 5) is 4.03. The van der Waals surface area contributed by atoms with Gasteiger partial charge in [-0.2, -0.15) is 0 Å². The van der Waals surface area contributed by atoms with Gasteiger partial charge in [-0.25, -0.2) is 13.8 Å². The zero-order valence-electron chi connectivity index (χ0n) is 8.50. The van der Waals surface area contributed by atoms with Gasteiger partial charge in [-0.05, 0) is 23.8 Å². The first-order valence-electron chi connectivity index (χ1n) is 4.62. The first-order chi connectivity index (χ1) is 7.56. The summed E-state index contributed by atoms with van der Waals surface area (Å²) in [5.74, 6) is -0.613. The van der Waals surface area contributed by atoms with E-state index >= 15 is 0 Å². The molecule has 2 rings (SSSR count). The number of halogens is 2. The highest BCUT2D eigenvalue weighted by Crippen LogP contribution is 2.12. The van der Waals surface area contributed by atoms with Gasteiger partial charge in [0.2, 0.25) is 4.77 Å². The van der Waals surface area contributed by atoms with Crippen LogP contribution in [-0.4, -0.2) is 14.8 Å². The molecular weight excluding hydrogens is 232 g/mol. The number of hydrogen-bond acceptors (Lipinski definition) is 2. The molecule has 0 saturated heterocycles. The summed E-state index contributed by atoms with van der Waals surface area (Å²) in [6.07, 6.45) is 0.261. The quantitative estimate of drug-likeness (QED) is 0.819. The maximum Gasteiger partial charge on any atom is 0.215 e. The third-order valence-corrected chi connectivity index (χ3v) is 2.55. The molecule has 2 aromatic rings. The molecule has 6 heteroatoms. The van der Waals surface area contributed by atoms with Crippen LogP contribution in [-0.2, 0) is 13.5 Å². The Kier molecular flexibility index (Phi) is 2.82. The number of rotatable bonds is 2. The van der Waals surface area contributed by atoms with Crippen molar-refractivity contribution < 1.29 is 8.78 Å². The van der Waals surface area contributed by atoms with Crippen molar-refractivity contribution in [3.8, 4) is 0 Å². The van der Waals surface area contributed by atoms with Crippen molar-refractivity contribution >= 4 is 12.2 Å². The van der Waals surface area contributed by atoms with Crippen LogP contribution in [0.4, 0.5) is 8.78 Å². The van der Waals surface area contributed by atoms with Crippen LogP contribution in [0.2, 0.25) is 0 Å². The molecule has 16 heavy (non-hydrogen) atoms. The molecule has 0 atom stereocenters. The van der Waals surface area contributed by atoms with Crippen molar-refractivity contribution in [2.75, 3.05) is 0 Å². The summed E-state index contributed by atoms with van der Waals surface area (Å²) in [5.41, 5.74) is 0.380. The van der Waals surface area contributed by atoms with E-state index in [4.69, 9.17) is 12.2 Å². The lowest BCUT2D eigenvalue weighted by Gasteiger charge is -2.00. The van der Waals surface area contributed by atoms with E-state index in [9.17, 15) is 8.78 Å². The van der Waals surface area contributed by atoms with Gasteiger partial charge in [0.05, 0.1) is 0 Å². The fourth-order valence-corrected chi connectivity index (χ4v) is 1.54. The van der Waals surface area contributed by atoms with Crippen LogP contribution in [0.25, 0.3) is 0 Å². The lowest BCUT2D eigenvalue weighted by atomic mass is 10.1. The fraction of sp³-hybridized carbons (Fsp3) is 0.200. The number of aromatic amines is 1. The Morgan fingerprint density at radius 2 is 2.19 bits per heavy atom. The molecule has 0 amide bonds. The number of nitrogens with one attached hydrogen (secondary N) is 1. The third kappa shape index (κ3) is 2.16. The number of aryl methyl sites for hydroxylation is 1. The molecule has 84 valence electrons. The van der Waals surface area contributed by atoms with Gasteiger partial charge in [0.25, 0.3) is 0 Å². The van der Waals surface area contributed by atoms with E-state index in [0.717, 1.165) is 6.07 Å². The molecule has 0 radical (unpaired) electrons. The SMILES string of the molecule is Cn1[nH]c(Cc2ccc(F)cc2F)nc1=S. The summed E-state index contributed by atoms with van der Waals surface area (Å²) in [6, 6.07) is 3.47. The monoisotopic (exact) mass is 241 g/mol. The van der Waals surface area contributed by atoms with Crippen molar-refractivity contribution in [2.24, 2.45) is 7.05 Å². The Balaban J connectivity index is 2.30. The lowest BCUT2D eigenvalue weighted by Crippen LogP contribution is -1.97. The molecule has 1 N–H and O–H groups in total. The normalized spacial score (nSPS) is 10.7. The van der Waals surface area contributed by atoms with E-state index < -0.39 is 11.6 Å². The molecule has 0 fully saturated rings. The van der Waals surface area contributed by atoms with E-state index in [0.29, 0.717) is 16.2 Å². The van der Waals surface area contributed by atoms with Gasteiger partial charge in [0.15, 0.2) is 0 Å². The van der Waals surface area contributed by atoms with Crippen LogP contribution >= 0.6 is 12.2 Å². The minimum atomic E-state index is -0.588. The first kappa shape index (κ1) is 10.9. The van der Waals surface area contributed by atoms with Crippen LogP contribution in [0.3, 0.4) is 0 Å². The number of aromatic nitrogens is 3. The zero-order chi connectivity index (χ0) is 11.7. The maximum atomic E-state index is 13.3. The number of H-pyrrole nitrogens is 1. The van der Waals surface area contributed by atoms with Gasteiger partial charge in [-0.3, -0.25) is 9.78 Å². The smallest absolute Gasteiger partial charge is 0.215 e. The second-order valence-corrected chi connectivity index (χ2v) is 3.79. The molecule has 1 aromatic carbocycles. The van der Waals surface area contributed by atoms with E-state index in [-0.39, 0.29) is 6.42 Å². The van der Waals surface area contributed by atoms with Crippen molar-refractivity contribution in [1.29, 1.82) is 0 Å². The second-order valence-electron chi connectivity index (χ2n) is 3.42. The molecule has 0 aliphatic heterocycles. The Morgan fingerprint density at radius 3 is 2.75 bits per heavy atom. The van der Waals surface area contributed by atoms with Gasteiger partial charge in [-0.15, -0.1) is 0 Å². The van der Waals surface area contributed by atoms with Crippen molar-refractivity contribution in [1.82, 2.24) is 14.8 Å². The Bertz CT molecular complexity index is 574. The highest BCUT2D eigenvalue weighted by atomic mass is 32.1. The van der Waals surface area contributed by atoms with Crippen LogP contribution in [0.5, 0.6) is 0 Å². The van der Waals surface area contributed by atoms with Gasteiger partial charge < -0.3 is 0 Å². The Hall–Kier alpha value is -1.56. The highest BCUT2D eigenvalue weighted by molar-refractivity contribution is 7.71. The van der Waals surface area contributed by atoms with E-state index in [1.54, 1.807) is 11.7 Å². The number of nitrogens with zero attached hydrogens (tertiary/aromatic N) is 2. The zero-order valence-corrected chi connectivity index (χ0v) is 9.31. The van der Waals surface area contributed by atoms with Gasteiger partial charge in [-0.1, -0.05) is 6.07 Å². The van der Waals surface area contributed by atoms with Crippen LogP contribution in [0.15, 0.2) is 18.2 Å². The number of hydrogen-bond donors (Lipinski definition) is 1. The van der Waals surface area contributed by atoms with Gasteiger partial charge in [0.1, 0.15) is 17.5 Å². The molecule has 0 unspecified atom stereocenters. The standard InChI is InChI=1S/C10H9F2N3S/c1-15-10(16)13-9(14-15)4-6-2-3-7(11)5-8(6)12/h2-3,5H,4H2,1H3,(H,13,14,16). The van der Waals surface area contributed by atoms with Crippen molar-refractivity contribution in [3.05, 3.63) is 46.0 Å². The molecule has 0 bridgehead atoms. The Labute approximate surface area is 95.7 Å². The Morgan fingerprint density at radius 1 is 1.44 bits per heavy atom. The van der Waals surface area contributed by atoms with Crippen LogP contribution in [0, 0.1) is 16.4 Å². The van der Waals surface area contributed by atoms with Crippen LogP contribution in [0.1, 0.15) is 11.4 Å². The average Bonchev–Trinajstić information content (AvgIpc) is 2.51. The van der Waals surface area contributed by atoms with Crippen molar-refractivity contribution in [2.45, 2.75) is 6.42 Å². The summed E-state index contributed by atoms with van der Waals surface area (Å²) in [7, 11) is 1.72. The largest absolute Gasteiger partial charge is 0.283 e. The highest BCUT2D eigenvalue weighted by Gasteiger charge is 2.07. The van der Waals surface area contributed by atoms with Gasteiger partial charge >= 0.3 is 0 Å². The minimum Gasteiger partial charge on any atom is -0.283 e. The molecule has 1 aromatic heterocycles. The van der Waals surface area contributed by atoms with Crippen LogP contribution < -0.4 is 0 Å². The van der Waals surface area contributed by atoms with Gasteiger partial charge in [0, 0.05) is 19.5 Å². The fourth-order valence-electron chi connectivity index (χ4n) is 1.38. The first-order valence-corrected chi connectivity index (χ1v) is 5.03. The molecule has 0 saturated carbocycles. The maximum absolute atomic E-state index is 13.3. The predicted molar refractivity (Wildman–Crippen MR) is 57.6 cm³/mol. The predicted octanol–water partition coefficient (Wildman–Crippen LogP) is 2.35. The van der Waals surface area contributed by atoms with E-state index in [1.165, 1.54) is 12.1 Å². The molecule has 0 aliphatic carbocycles. The molecule has 0 aliphatic rings. The molecule has 0 spiro atoms. The van der Waals surface area contributed by atoms with E-state index in [1.807, 2.05) is 0 Å². The lowest BCUT2D eigenvalue weighted by molar-refractivity contribution is 0.573. The number of benzene rings is 1. The third-order valence-electron chi connectivity index (χ3n) is 2.19. The summed E-state index contributed by atoms with van der Waals surface area (Å²) in [5, 5.41) is 2.88. The minimum absolute atomic E-state index is 0.261. The summed E-state index contributed by atoms with van der Waals surface area (Å²) >= 11 is 4.91. The molecule has 1 heterocycles. The van der Waals surface area contributed by atoms with E-state index in [2.05, 4.69) is 10.1 Å². The second kappa shape index (κ2) is 4.13. The summed E-state index contributed by atoms with van der Waals surface area (Å²) in [6.45, 7) is 0. The molecular formula is C10H9F2N3S. The van der Waals surface area contributed by atoms with Crippen molar-refractivity contribution in [3.63, 3.8) is 0 Å². The topological polar surface area (TPSA) is 33.6 Å². The summed E-state index contributed by atoms with van der Waals surface area (Å²) < 4.78 is 28.0.